The Morgan fingerprint density at radius 1 is 0.925 bits per heavy atom. The molecule has 1 aliphatic heterocycles. The first-order valence-electron chi connectivity index (χ1n) is 12.8. The third kappa shape index (κ3) is 4.90. The number of nitrogens with zero attached hydrogens (tertiary/aromatic N) is 1. The summed E-state index contributed by atoms with van der Waals surface area (Å²) in [6.45, 7) is 2.44. The number of amides is 1. The van der Waals surface area contributed by atoms with Crippen molar-refractivity contribution in [1.82, 2.24) is 4.90 Å². The van der Waals surface area contributed by atoms with Crippen molar-refractivity contribution in [3.63, 3.8) is 0 Å². The van der Waals surface area contributed by atoms with Crippen LogP contribution < -0.4 is 29.3 Å². The summed E-state index contributed by atoms with van der Waals surface area (Å²) in [6.07, 6.45) is 0.616. The first-order chi connectivity index (χ1) is 19.4. The highest BCUT2D eigenvalue weighted by molar-refractivity contribution is 5.98. The molecule has 1 amide bonds. The molecule has 1 aromatic heterocycles. The summed E-state index contributed by atoms with van der Waals surface area (Å²) in [5.74, 6) is 2.31. The van der Waals surface area contributed by atoms with Gasteiger partial charge in [-0.1, -0.05) is 6.07 Å². The minimum absolute atomic E-state index is 0.141. The van der Waals surface area contributed by atoms with Gasteiger partial charge in [0, 0.05) is 24.1 Å². The van der Waals surface area contributed by atoms with E-state index in [4.69, 9.17) is 28.1 Å². The SMILES string of the molecule is COc1cc2c(cc1OC)[C@@H](COc1ccc3c(C)cc(=O)oc3c1)N(C(=O)c1cccc(OC)c1OC)CC2. The average Bonchev–Trinajstić information content (AvgIpc) is 2.97. The molecular formula is C31H31NO8. The zero-order chi connectivity index (χ0) is 28.4. The van der Waals surface area contributed by atoms with Crippen molar-refractivity contribution in [3.8, 4) is 28.7 Å². The van der Waals surface area contributed by atoms with E-state index >= 15 is 0 Å². The molecule has 9 nitrogen and oxygen atoms in total. The second-order valence-electron chi connectivity index (χ2n) is 9.43. The summed E-state index contributed by atoms with van der Waals surface area (Å²) in [7, 11) is 6.22. The van der Waals surface area contributed by atoms with Gasteiger partial charge in [-0.25, -0.2) is 4.79 Å². The van der Waals surface area contributed by atoms with E-state index in [1.165, 1.54) is 20.3 Å². The lowest BCUT2D eigenvalue weighted by molar-refractivity contribution is 0.0585. The van der Waals surface area contributed by atoms with Gasteiger partial charge in [-0.15, -0.1) is 0 Å². The average molecular weight is 546 g/mol. The van der Waals surface area contributed by atoms with E-state index < -0.39 is 11.7 Å². The summed E-state index contributed by atoms with van der Waals surface area (Å²) in [5.41, 5.74) is 3.15. The Kier molecular flexibility index (Phi) is 7.55. The van der Waals surface area contributed by atoms with Gasteiger partial charge in [0.2, 0.25) is 0 Å². The molecule has 4 aromatic rings. The lowest BCUT2D eigenvalue weighted by Crippen LogP contribution is -2.42. The lowest BCUT2D eigenvalue weighted by atomic mass is 9.91. The first kappa shape index (κ1) is 26.9. The molecule has 9 heteroatoms. The van der Waals surface area contributed by atoms with Gasteiger partial charge in [-0.3, -0.25) is 4.79 Å². The second kappa shape index (κ2) is 11.2. The second-order valence-corrected chi connectivity index (χ2v) is 9.43. The van der Waals surface area contributed by atoms with Crippen LogP contribution in [-0.2, 0) is 6.42 Å². The number of fused-ring (bicyclic) bond motifs is 2. The van der Waals surface area contributed by atoms with Gasteiger partial charge in [0.15, 0.2) is 23.0 Å². The fraction of sp³-hybridized carbons (Fsp3) is 0.290. The van der Waals surface area contributed by atoms with Gasteiger partial charge >= 0.3 is 5.63 Å². The van der Waals surface area contributed by atoms with Crippen LogP contribution in [0.3, 0.4) is 0 Å². The van der Waals surface area contributed by atoms with Crippen LogP contribution >= 0.6 is 0 Å². The lowest BCUT2D eigenvalue weighted by Gasteiger charge is -2.38. The Bertz CT molecular complexity index is 1630. The highest BCUT2D eigenvalue weighted by Crippen LogP contribution is 2.40. The summed E-state index contributed by atoms with van der Waals surface area (Å²) < 4.78 is 33.7. The van der Waals surface area contributed by atoms with Gasteiger partial charge in [0.1, 0.15) is 17.9 Å². The predicted molar refractivity (Wildman–Crippen MR) is 149 cm³/mol. The normalized spacial score (nSPS) is 14.4. The molecule has 40 heavy (non-hydrogen) atoms. The van der Waals surface area contributed by atoms with Gasteiger partial charge in [0.05, 0.1) is 40.0 Å². The Morgan fingerprint density at radius 3 is 2.40 bits per heavy atom. The van der Waals surface area contributed by atoms with E-state index in [9.17, 15) is 9.59 Å². The monoisotopic (exact) mass is 545 g/mol. The number of para-hydroxylation sites is 1. The van der Waals surface area contributed by atoms with Crippen LogP contribution in [0.15, 0.2) is 63.8 Å². The zero-order valence-electron chi connectivity index (χ0n) is 23.1. The van der Waals surface area contributed by atoms with E-state index in [0.29, 0.717) is 52.9 Å². The Labute approximate surface area is 231 Å². The van der Waals surface area contributed by atoms with Gasteiger partial charge < -0.3 is 33.0 Å². The van der Waals surface area contributed by atoms with E-state index in [2.05, 4.69) is 0 Å². The fourth-order valence-electron chi connectivity index (χ4n) is 5.23. The zero-order valence-corrected chi connectivity index (χ0v) is 23.1. The van der Waals surface area contributed by atoms with E-state index in [0.717, 1.165) is 22.1 Å². The van der Waals surface area contributed by atoms with Gasteiger partial charge in [0.25, 0.3) is 5.91 Å². The van der Waals surface area contributed by atoms with Crippen molar-refractivity contribution in [1.29, 1.82) is 0 Å². The van der Waals surface area contributed by atoms with Gasteiger partial charge in [-0.05, 0) is 66.4 Å². The number of benzene rings is 3. The molecule has 0 spiro atoms. The van der Waals surface area contributed by atoms with E-state index in [1.54, 1.807) is 43.4 Å². The maximum atomic E-state index is 14.0. The fourth-order valence-corrected chi connectivity index (χ4v) is 5.23. The predicted octanol–water partition coefficient (Wildman–Crippen LogP) is 4.95. The van der Waals surface area contributed by atoms with Crippen molar-refractivity contribution in [2.75, 3.05) is 41.6 Å². The van der Waals surface area contributed by atoms with Crippen molar-refractivity contribution >= 4 is 16.9 Å². The Morgan fingerprint density at radius 2 is 1.68 bits per heavy atom. The first-order valence-corrected chi connectivity index (χ1v) is 12.8. The van der Waals surface area contributed by atoms with E-state index in [-0.39, 0.29) is 12.5 Å². The molecule has 0 fully saturated rings. The number of ether oxygens (including phenoxy) is 5. The number of hydrogen-bond acceptors (Lipinski definition) is 8. The van der Waals surface area contributed by atoms with Crippen LogP contribution in [0.2, 0.25) is 0 Å². The quantitative estimate of drug-likeness (QED) is 0.287. The Balaban J connectivity index is 1.54. The summed E-state index contributed by atoms with van der Waals surface area (Å²) >= 11 is 0. The minimum Gasteiger partial charge on any atom is -0.493 e. The van der Waals surface area contributed by atoms with Crippen LogP contribution in [0.5, 0.6) is 28.7 Å². The topological polar surface area (TPSA) is 96.7 Å². The number of carbonyl (C=O) groups is 1. The minimum atomic E-state index is -0.466. The van der Waals surface area contributed by atoms with Crippen LogP contribution in [0, 0.1) is 6.92 Å². The molecule has 0 aliphatic carbocycles. The highest BCUT2D eigenvalue weighted by Gasteiger charge is 2.35. The summed E-state index contributed by atoms with van der Waals surface area (Å²) in [6, 6.07) is 15.4. The number of methoxy groups -OCH3 is 4. The van der Waals surface area contributed by atoms with Gasteiger partial charge in [-0.2, -0.15) is 0 Å². The summed E-state index contributed by atoms with van der Waals surface area (Å²) in [5, 5.41) is 0.828. The number of aryl methyl sites for hydroxylation is 1. The number of carbonyl (C=O) groups excluding carboxylic acids is 1. The highest BCUT2D eigenvalue weighted by atomic mass is 16.5. The molecule has 3 aromatic carbocycles. The molecule has 208 valence electrons. The largest absolute Gasteiger partial charge is 0.493 e. The molecule has 0 bridgehead atoms. The maximum Gasteiger partial charge on any atom is 0.336 e. The molecule has 0 unspecified atom stereocenters. The maximum absolute atomic E-state index is 14.0. The molecule has 1 atom stereocenters. The molecule has 2 heterocycles. The van der Waals surface area contributed by atoms with Crippen LogP contribution in [0.4, 0.5) is 0 Å². The van der Waals surface area contributed by atoms with Crippen molar-refractivity contribution in [3.05, 3.63) is 87.3 Å². The smallest absolute Gasteiger partial charge is 0.336 e. The number of rotatable bonds is 8. The molecule has 1 aliphatic rings. The molecule has 0 radical (unpaired) electrons. The molecular weight excluding hydrogens is 514 g/mol. The van der Waals surface area contributed by atoms with Crippen molar-refractivity contribution < 1.29 is 32.9 Å². The standard InChI is InChI=1S/C31H31NO8/c1-18-13-29(33)40-26-15-20(9-10-21(18)26)39-17-24-23-16-28(37-4)27(36-3)14-19(23)11-12-32(24)31(34)22-7-6-8-25(35-2)30(22)38-5/h6-10,13-16,24H,11-12,17H2,1-5H3/t24-/m1/s1. The van der Waals surface area contributed by atoms with E-state index in [1.807, 2.05) is 31.2 Å². The molecule has 5 rings (SSSR count). The third-order valence-electron chi connectivity index (χ3n) is 7.23. The third-order valence-corrected chi connectivity index (χ3v) is 7.23. The summed E-state index contributed by atoms with van der Waals surface area (Å²) in [4.78, 5) is 27.7. The van der Waals surface area contributed by atoms with Crippen molar-refractivity contribution in [2.45, 2.75) is 19.4 Å². The Hall–Kier alpha value is -4.66. The van der Waals surface area contributed by atoms with Crippen LogP contribution in [-0.4, -0.2) is 52.4 Å². The molecule has 0 saturated heterocycles. The van der Waals surface area contributed by atoms with Crippen molar-refractivity contribution in [2.24, 2.45) is 0 Å². The van der Waals surface area contributed by atoms with Crippen LogP contribution in [0.1, 0.15) is 33.1 Å². The number of hydrogen-bond donors (Lipinski definition) is 0. The molecule has 0 N–H and O–H groups in total. The molecule has 0 saturated carbocycles. The van der Waals surface area contributed by atoms with Crippen LogP contribution in [0.25, 0.3) is 11.0 Å².